The van der Waals surface area contributed by atoms with Crippen molar-refractivity contribution in [2.24, 2.45) is 17.8 Å². The second-order valence-corrected chi connectivity index (χ2v) is 15.1. The van der Waals surface area contributed by atoms with Crippen LogP contribution in [0, 0.1) is 17.8 Å². The number of piperazine rings is 1. The summed E-state index contributed by atoms with van der Waals surface area (Å²) in [6.07, 6.45) is 13.0. The first-order chi connectivity index (χ1) is 24.4. The van der Waals surface area contributed by atoms with Gasteiger partial charge in [0.1, 0.15) is 5.76 Å². The number of furan rings is 1. The summed E-state index contributed by atoms with van der Waals surface area (Å²) in [7, 11) is 0. The Kier molecular flexibility index (Phi) is 8.81. The molecule has 264 valence electrons. The van der Waals surface area contributed by atoms with Crippen LogP contribution < -0.4 is 5.32 Å². The molecule has 1 saturated carbocycles. The van der Waals surface area contributed by atoms with E-state index in [2.05, 4.69) is 41.5 Å². The number of nitrogens with zero attached hydrogens (tertiary/aromatic N) is 3. The van der Waals surface area contributed by atoms with E-state index in [0.29, 0.717) is 58.5 Å². The molecule has 2 saturated heterocycles. The lowest BCUT2D eigenvalue weighted by Crippen LogP contribution is -2.66. The Labute approximate surface area is 293 Å². The van der Waals surface area contributed by atoms with Crippen molar-refractivity contribution in [3.8, 4) is 11.3 Å². The highest BCUT2D eigenvalue weighted by molar-refractivity contribution is 5.94. The fourth-order valence-corrected chi connectivity index (χ4v) is 9.34. The van der Waals surface area contributed by atoms with Crippen molar-refractivity contribution in [3.05, 3.63) is 59.5 Å². The van der Waals surface area contributed by atoms with E-state index in [-0.39, 0.29) is 36.0 Å². The number of hydrogen-bond donors (Lipinski definition) is 2. The number of nitrogens with one attached hydrogen (secondary N) is 2. The highest BCUT2D eigenvalue weighted by atomic mass is 16.3. The predicted molar refractivity (Wildman–Crippen MR) is 190 cm³/mol. The Balaban J connectivity index is 1.09. The van der Waals surface area contributed by atoms with Crippen LogP contribution in [0.4, 0.5) is 0 Å². The van der Waals surface area contributed by atoms with E-state index >= 15 is 0 Å². The second kappa shape index (κ2) is 13.4. The second-order valence-electron chi connectivity index (χ2n) is 15.1. The molecule has 0 unspecified atom stereocenters. The summed E-state index contributed by atoms with van der Waals surface area (Å²) in [5.41, 5.74) is 4.55. The molecule has 5 heterocycles. The first-order valence-electron chi connectivity index (χ1n) is 18.9. The van der Waals surface area contributed by atoms with E-state index < -0.39 is 17.4 Å². The van der Waals surface area contributed by atoms with Crippen LogP contribution in [0.5, 0.6) is 0 Å². The van der Waals surface area contributed by atoms with Crippen LogP contribution in [-0.2, 0) is 31.1 Å². The molecule has 3 fully saturated rings. The molecule has 2 N–H and O–H groups in total. The van der Waals surface area contributed by atoms with Gasteiger partial charge >= 0.3 is 0 Å². The number of H-pyrrole nitrogens is 1. The number of carbonyl (C=O) groups is 4. The summed E-state index contributed by atoms with van der Waals surface area (Å²) >= 11 is 0. The van der Waals surface area contributed by atoms with Crippen LogP contribution in [0.2, 0.25) is 0 Å². The number of aromatic nitrogens is 1. The molecule has 1 aromatic carbocycles. The van der Waals surface area contributed by atoms with Crippen LogP contribution >= 0.6 is 0 Å². The summed E-state index contributed by atoms with van der Waals surface area (Å²) in [4.78, 5) is 65.0. The molecular formula is C40H49N5O5. The minimum atomic E-state index is -0.868. The number of hydrogen-bond acceptors (Lipinski definition) is 5. The average molecular weight is 680 g/mol. The third-order valence-electron chi connectivity index (χ3n) is 12.2. The van der Waals surface area contributed by atoms with Crippen molar-refractivity contribution in [1.82, 2.24) is 25.0 Å². The molecular weight excluding hydrogens is 630 g/mol. The third-order valence-corrected chi connectivity index (χ3v) is 12.2. The molecule has 3 aromatic rings. The van der Waals surface area contributed by atoms with E-state index in [4.69, 9.17) is 4.42 Å². The van der Waals surface area contributed by atoms with Gasteiger partial charge in [0.15, 0.2) is 0 Å². The van der Waals surface area contributed by atoms with Crippen molar-refractivity contribution in [1.29, 1.82) is 0 Å². The number of carbonyl (C=O) groups excluding carboxylic acids is 4. The molecule has 3 aliphatic heterocycles. The number of amides is 4. The van der Waals surface area contributed by atoms with E-state index in [0.717, 1.165) is 65.6 Å². The molecule has 2 aromatic heterocycles. The van der Waals surface area contributed by atoms with E-state index in [9.17, 15) is 19.2 Å². The van der Waals surface area contributed by atoms with Gasteiger partial charge < -0.3 is 29.4 Å². The zero-order valence-electron chi connectivity index (χ0n) is 29.2. The zero-order chi connectivity index (χ0) is 34.4. The zero-order valence-corrected chi connectivity index (χ0v) is 29.2. The van der Waals surface area contributed by atoms with Gasteiger partial charge in [0.05, 0.1) is 17.7 Å². The predicted octanol–water partition coefficient (Wildman–Crippen LogP) is 5.53. The van der Waals surface area contributed by atoms with Crippen molar-refractivity contribution >= 4 is 34.5 Å². The van der Waals surface area contributed by atoms with Gasteiger partial charge in [-0.3, -0.25) is 19.2 Å². The molecule has 0 bridgehead atoms. The largest absolute Gasteiger partial charge is 0.464 e. The normalized spacial score (nSPS) is 25.3. The fraction of sp³-hybridized carbons (Fsp3) is 0.550. The van der Waals surface area contributed by atoms with Crippen LogP contribution in [0.25, 0.3) is 22.2 Å². The number of benzene rings is 1. The number of rotatable bonds is 9. The van der Waals surface area contributed by atoms with Gasteiger partial charge in [-0.2, -0.15) is 0 Å². The van der Waals surface area contributed by atoms with E-state index in [1.165, 1.54) is 18.4 Å². The van der Waals surface area contributed by atoms with Crippen molar-refractivity contribution in [2.45, 2.75) is 83.1 Å². The van der Waals surface area contributed by atoms with Gasteiger partial charge in [-0.25, -0.2) is 0 Å². The maximum Gasteiger partial charge on any atom is 0.228 e. The Hall–Kier alpha value is -4.34. The number of allylic oxidation sites excluding steroid dienone is 1. The van der Waals surface area contributed by atoms with Gasteiger partial charge in [-0.1, -0.05) is 30.7 Å². The summed E-state index contributed by atoms with van der Waals surface area (Å²) in [5.74, 6) is -0.114. The Morgan fingerprint density at radius 3 is 2.50 bits per heavy atom. The number of fused-ring (bicyclic) bond motifs is 5. The number of aromatic amines is 1. The molecule has 50 heavy (non-hydrogen) atoms. The fourth-order valence-electron chi connectivity index (χ4n) is 9.34. The minimum Gasteiger partial charge on any atom is -0.464 e. The SMILES string of the molecule is CC[C@]12c3[nH]c4cc(-c5ccco5)ccc4c3CCN1C(=O)[C@@H](CC(=O)NCCC1=CCCCC1)C[C@@H]2C(=O)N1CCN(C(=O)C2CC2)CC1. The average Bonchev–Trinajstić information content (AvgIpc) is 3.71. The van der Waals surface area contributed by atoms with Crippen molar-refractivity contribution in [3.63, 3.8) is 0 Å². The van der Waals surface area contributed by atoms with Crippen molar-refractivity contribution in [2.75, 3.05) is 39.3 Å². The molecule has 10 heteroatoms. The molecule has 8 rings (SSSR count). The van der Waals surface area contributed by atoms with E-state index in [1.807, 2.05) is 26.8 Å². The topological polar surface area (TPSA) is 119 Å². The first-order valence-corrected chi connectivity index (χ1v) is 18.9. The van der Waals surface area contributed by atoms with E-state index in [1.54, 1.807) is 6.26 Å². The smallest absolute Gasteiger partial charge is 0.228 e. The van der Waals surface area contributed by atoms with Crippen LogP contribution in [0.1, 0.15) is 82.4 Å². The van der Waals surface area contributed by atoms with Crippen LogP contribution in [0.3, 0.4) is 0 Å². The van der Waals surface area contributed by atoms with Gasteiger partial charge in [0.2, 0.25) is 23.6 Å². The highest BCUT2D eigenvalue weighted by Crippen LogP contribution is 2.52. The maximum atomic E-state index is 14.9. The summed E-state index contributed by atoms with van der Waals surface area (Å²) in [6, 6.07) is 10.1. The van der Waals surface area contributed by atoms with Gasteiger partial charge in [-0.05, 0) is 88.0 Å². The molecule has 0 spiro atoms. The maximum absolute atomic E-state index is 14.9. The van der Waals surface area contributed by atoms with Crippen LogP contribution in [-0.4, -0.2) is 82.6 Å². The third kappa shape index (κ3) is 5.84. The molecule has 3 atom stereocenters. The molecule has 10 nitrogen and oxygen atoms in total. The lowest BCUT2D eigenvalue weighted by atomic mass is 9.65. The summed E-state index contributed by atoms with van der Waals surface area (Å²) < 4.78 is 5.69. The summed E-state index contributed by atoms with van der Waals surface area (Å²) in [5, 5.41) is 4.18. The molecule has 4 amide bonds. The lowest BCUT2D eigenvalue weighted by Gasteiger charge is -2.56. The van der Waals surface area contributed by atoms with Crippen LogP contribution in [0.15, 0.2) is 52.7 Å². The lowest BCUT2D eigenvalue weighted by molar-refractivity contribution is -0.167. The first kappa shape index (κ1) is 32.8. The van der Waals surface area contributed by atoms with Crippen molar-refractivity contribution < 1.29 is 23.6 Å². The minimum absolute atomic E-state index is 0.0142. The Morgan fingerprint density at radius 2 is 1.80 bits per heavy atom. The number of piperidine rings is 1. The monoisotopic (exact) mass is 679 g/mol. The van der Waals surface area contributed by atoms with Gasteiger partial charge in [-0.15, -0.1) is 0 Å². The summed E-state index contributed by atoms with van der Waals surface area (Å²) in [6.45, 7) is 5.17. The van der Waals surface area contributed by atoms with Gasteiger partial charge in [0.25, 0.3) is 0 Å². The molecule has 5 aliphatic rings. The Bertz CT molecular complexity index is 1810. The molecule has 2 aliphatic carbocycles. The van der Waals surface area contributed by atoms with Gasteiger partial charge in [0, 0.05) is 79.7 Å². The molecule has 0 radical (unpaired) electrons. The standard InChI is InChI=1S/C40H49N5O5/c1-2-40-32(39(49)44-20-18-43(19-21-44)37(47)27-10-11-27)23-29(25-35(46)41-16-14-26-7-4-3-5-8-26)38(48)45(40)17-15-31-30-13-12-28(34-9-6-22-50-34)24-33(30)42-36(31)40/h6-7,9,12-13,22,24,27,29,32,42H,2-5,8,10-11,14-21,23,25H2,1H3,(H,41,46)/t29-,32-,40+/m1/s1. The highest BCUT2D eigenvalue weighted by Gasteiger charge is 2.59. The quantitative estimate of drug-likeness (QED) is 0.289. The Morgan fingerprint density at radius 1 is 1.00 bits per heavy atom.